The number of phenols is 1. The third-order valence-corrected chi connectivity index (χ3v) is 5.20. The van der Waals surface area contributed by atoms with Crippen molar-refractivity contribution in [2.75, 3.05) is 18.8 Å². The molecule has 5 N–H and O–H groups in total. The number of anilines is 1. The van der Waals surface area contributed by atoms with E-state index in [1.807, 2.05) is 26.0 Å². The monoisotopic (exact) mass is 333 g/mol. The van der Waals surface area contributed by atoms with Crippen LogP contribution in [0.3, 0.4) is 0 Å². The number of benzene rings is 1. The van der Waals surface area contributed by atoms with Crippen LogP contribution in [0.15, 0.2) is 18.2 Å². The molecule has 0 saturated carbocycles. The summed E-state index contributed by atoms with van der Waals surface area (Å²) >= 11 is 0. The van der Waals surface area contributed by atoms with Crippen molar-refractivity contribution in [1.82, 2.24) is 4.90 Å². The lowest BCUT2D eigenvalue weighted by molar-refractivity contribution is -0.126. The molecule has 1 atom stereocenters. The number of nitrogen functional groups attached to an aromatic ring is 1. The highest BCUT2D eigenvalue weighted by atomic mass is 16.3. The van der Waals surface area contributed by atoms with Crippen molar-refractivity contribution in [1.29, 1.82) is 0 Å². The van der Waals surface area contributed by atoms with E-state index < -0.39 is 5.41 Å². The van der Waals surface area contributed by atoms with E-state index in [0.29, 0.717) is 11.7 Å². The molecule has 134 valence electrons. The average molecular weight is 333 g/mol. The first-order valence-electron chi connectivity index (χ1n) is 8.91. The maximum atomic E-state index is 11.6. The summed E-state index contributed by atoms with van der Waals surface area (Å²) in [5.74, 6) is 0.00579. The molecule has 1 amide bonds. The number of nitrogens with two attached hydrogens (primary N) is 2. The summed E-state index contributed by atoms with van der Waals surface area (Å²) in [5.41, 5.74) is 12.2. The molecule has 0 aliphatic carbocycles. The van der Waals surface area contributed by atoms with Gasteiger partial charge < -0.3 is 21.5 Å². The van der Waals surface area contributed by atoms with Crippen molar-refractivity contribution in [3.63, 3.8) is 0 Å². The summed E-state index contributed by atoms with van der Waals surface area (Å²) in [6, 6.07) is 5.98. The Kier molecular flexibility index (Phi) is 6.10. The van der Waals surface area contributed by atoms with E-state index in [4.69, 9.17) is 11.5 Å². The number of hydrogen-bond acceptors (Lipinski definition) is 4. The molecule has 0 aromatic heterocycles. The van der Waals surface area contributed by atoms with Crippen LogP contribution in [-0.4, -0.2) is 35.0 Å². The average Bonchev–Trinajstić information content (AvgIpc) is 2.94. The molecule has 1 aliphatic rings. The Morgan fingerprint density at radius 2 is 2.12 bits per heavy atom. The minimum Gasteiger partial charge on any atom is -0.506 e. The van der Waals surface area contributed by atoms with Crippen LogP contribution in [0.1, 0.15) is 51.5 Å². The summed E-state index contributed by atoms with van der Waals surface area (Å²) in [6.45, 7) is 6.01. The SMILES string of the molecule is CC(C)(C[C@@H]1CCCN1CCCCc1cccc(N)c1O)C(N)=O. The molecule has 1 saturated heterocycles. The van der Waals surface area contributed by atoms with Gasteiger partial charge in [-0.3, -0.25) is 4.79 Å². The van der Waals surface area contributed by atoms with Gasteiger partial charge in [0.05, 0.1) is 5.69 Å². The molecule has 2 rings (SSSR count). The Morgan fingerprint density at radius 1 is 1.38 bits per heavy atom. The number of aryl methyl sites for hydroxylation is 1. The standard InChI is InChI=1S/C19H31N3O2/c1-19(2,18(21)24)13-15-9-6-12-22(15)11-4-3-7-14-8-5-10-16(20)17(14)23/h5,8,10,15,23H,3-4,6-7,9,11-13,20H2,1-2H3,(H2,21,24)/t15-/m0/s1. The van der Waals surface area contributed by atoms with Gasteiger partial charge >= 0.3 is 0 Å². The Hall–Kier alpha value is -1.75. The molecular formula is C19H31N3O2. The van der Waals surface area contributed by atoms with Gasteiger partial charge in [0, 0.05) is 11.5 Å². The van der Waals surface area contributed by atoms with Crippen molar-refractivity contribution in [2.24, 2.45) is 11.1 Å². The number of phenolic OH excluding ortho intramolecular Hbond substituents is 1. The zero-order chi connectivity index (χ0) is 17.7. The highest BCUT2D eigenvalue weighted by Crippen LogP contribution is 2.31. The number of likely N-dealkylation sites (tertiary alicyclic amines) is 1. The molecule has 5 heteroatoms. The molecular weight excluding hydrogens is 302 g/mol. The van der Waals surface area contributed by atoms with E-state index in [2.05, 4.69) is 4.90 Å². The molecule has 1 fully saturated rings. The van der Waals surface area contributed by atoms with E-state index in [-0.39, 0.29) is 11.7 Å². The smallest absolute Gasteiger partial charge is 0.223 e. The van der Waals surface area contributed by atoms with Gasteiger partial charge in [-0.2, -0.15) is 0 Å². The van der Waals surface area contributed by atoms with Crippen molar-refractivity contribution < 1.29 is 9.90 Å². The molecule has 1 aromatic rings. The molecule has 1 aliphatic heterocycles. The predicted molar refractivity (Wildman–Crippen MR) is 97.6 cm³/mol. The van der Waals surface area contributed by atoms with E-state index in [9.17, 15) is 9.90 Å². The van der Waals surface area contributed by atoms with Gasteiger partial charge in [0.2, 0.25) is 5.91 Å². The first kappa shape index (κ1) is 18.6. The fraction of sp³-hybridized carbons (Fsp3) is 0.632. The topological polar surface area (TPSA) is 92.6 Å². The number of rotatable bonds is 8. The van der Waals surface area contributed by atoms with Crippen LogP contribution >= 0.6 is 0 Å². The molecule has 0 spiro atoms. The quantitative estimate of drug-likeness (QED) is 0.387. The van der Waals surface area contributed by atoms with E-state index in [0.717, 1.165) is 50.8 Å². The van der Waals surface area contributed by atoms with Crippen molar-refractivity contribution in [2.45, 2.75) is 58.4 Å². The second kappa shape index (κ2) is 7.88. The van der Waals surface area contributed by atoms with Crippen LogP contribution < -0.4 is 11.5 Å². The van der Waals surface area contributed by atoms with Crippen molar-refractivity contribution in [3.05, 3.63) is 23.8 Å². The van der Waals surface area contributed by atoms with Crippen LogP contribution in [0, 0.1) is 5.41 Å². The lowest BCUT2D eigenvalue weighted by atomic mass is 9.84. The fourth-order valence-electron chi connectivity index (χ4n) is 3.55. The zero-order valence-corrected chi connectivity index (χ0v) is 14.9. The largest absolute Gasteiger partial charge is 0.506 e. The molecule has 0 bridgehead atoms. The van der Waals surface area contributed by atoms with Crippen LogP contribution in [0.4, 0.5) is 5.69 Å². The Labute approximate surface area is 145 Å². The minimum absolute atomic E-state index is 0.216. The number of primary amides is 1. The number of aromatic hydroxyl groups is 1. The molecule has 0 radical (unpaired) electrons. The number of carbonyl (C=O) groups is 1. The second-order valence-corrected chi connectivity index (χ2v) is 7.60. The highest BCUT2D eigenvalue weighted by molar-refractivity contribution is 5.79. The van der Waals surface area contributed by atoms with Crippen molar-refractivity contribution >= 4 is 11.6 Å². The van der Waals surface area contributed by atoms with Crippen LogP contribution in [-0.2, 0) is 11.2 Å². The maximum absolute atomic E-state index is 11.6. The van der Waals surface area contributed by atoms with Gasteiger partial charge in [-0.15, -0.1) is 0 Å². The van der Waals surface area contributed by atoms with Gasteiger partial charge in [0.1, 0.15) is 5.75 Å². The number of amides is 1. The number of para-hydroxylation sites is 1. The predicted octanol–water partition coefficient (Wildman–Crippen LogP) is 2.66. The van der Waals surface area contributed by atoms with Gasteiger partial charge in [-0.1, -0.05) is 26.0 Å². The lowest BCUT2D eigenvalue weighted by Crippen LogP contribution is -2.39. The Bertz CT molecular complexity index is 572. The van der Waals surface area contributed by atoms with Crippen LogP contribution in [0.5, 0.6) is 5.75 Å². The van der Waals surface area contributed by atoms with Crippen molar-refractivity contribution in [3.8, 4) is 5.75 Å². The molecule has 1 aromatic carbocycles. The highest BCUT2D eigenvalue weighted by Gasteiger charge is 2.33. The van der Waals surface area contributed by atoms with Crippen LogP contribution in [0.2, 0.25) is 0 Å². The number of unbranched alkanes of at least 4 members (excludes halogenated alkanes) is 1. The summed E-state index contributed by atoms with van der Waals surface area (Å²) in [7, 11) is 0. The number of nitrogens with zero attached hydrogens (tertiary/aromatic N) is 1. The lowest BCUT2D eigenvalue weighted by Gasteiger charge is -2.30. The molecule has 0 unspecified atom stereocenters. The third kappa shape index (κ3) is 4.63. The second-order valence-electron chi connectivity index (χ2n) is 7.60. The fourth-order valence-corrected chi connectivity index (χ4v) is 3.55. The molecule has 5 nitrogen and oxygen atoms in total. The van der Waals surface area contributed by atoms with Gasteiger partial charge in [-0.25, -0.2) is 0 Å². The first-order chi connectivity index (χ1) is 11.3. The third-order valence-electron chi connectivity index (χ3n) is 5.20. The Balaban J connectivity index is 1.79. The van der Waals surface area contributed by atoms with Gasteiger partial charge in [-0.05, 0) is 63.2 Å². The summed E-state index contributed by atoms with van der Waals surface area (Å²) in [5, 5.41) is 9.95. The summed E-state index contributed by atoms with van der Waals surface area (Å²) in [6.07, 6.45) is 6.09. The zero-order valence-electron chi connectivity index (χ0n) is 14.9. The van der Waals surface area contributed by atoms with Gasteiger partial charge in [0.15, 0.2) is 0 Å². The Morgan fingerprint density at radius 3 is 2.83 bits per heavy atom. The summed E-state index contributed by atoms with van der Waals surface area (Å²) < 4.78 is 0. The summed E-state index contributed by atoms with van der Waals surface area (Å²) in [4.78, 5) is 14.1. The van der Waals surface area contributed by atoms with Crippen LogP contribution in [0.25, 0.3) is 0 Å². The van der Waals surface area contributed by atoms with E-state index >= 15 is 0 Å². The first-order valence-corrected chi connectivity index (χ1v) is 8.91. The normalized spacial score (nSPS) is 18.8. The minimum atomic E-state index is -0.444. The molecule has 24 heavy (non-hydrogen) atoms. The maximum Gasteiger partial charge on any atom is 0.223 e. The van der Waals surface area contributed by atoms with E-state index in [1.165, 1.54) is 6.42 Å². The van der Waals surface area contributed by atoms with Gasteiger partial charge in [0.25, 0.3) is 0 Å². The number of carbonyl (C=O) groups excluding carboxylic acids is 1. The number of hydrogen-bond donors (Lipinski definition) is 3. The molecule has 1 heterocycles. The van der Waals surface area contributed by atoms with E-state index in [1.54, 1.807) is 6.07 Å².